The van der Waals surface area contributed by atoms with E-state index in [9.17, 15) is 18.9 Å². The molecule has 0 fully saturated rings. The van der Waals surface area contributed by atoms with Crippen molar-refractivity contribution >= 4 is 17.8 Å². The second-order valence-corrected chi connectivity index (χ2v) is 3.86. The fourth-order valence-electron chi connectivity index (χ4n) is 1.47. The summed E-state index contributed by atoms with van der Waals surface area (Å²) in [6, 6.07) is 4.59. The quantitative estimate of drug-likeness (QED) is 0.691. The van der Waals surface area contributed by atoms with Crippen LogP contribution in [0.3, 0.4) is 0 Å². The molecule has 1 heterocycles. The van der Waals surface area contributed by atoms with Crippen LogP contribution in [0.25, 0.3) is 12.2 Å². The van der Waals surface area contributed by atoms with Gasteiger partial charge in [-0.25, -0.2) is 13.8 Å². The zero-order chi connectivity index (χ0) is 14.7. The first kappa shape index (κ1) is 13.6. The van der Waals surface area contributed by atoms with E-state index in [1.54, 1.807) is 0 Å². The van der Waals surface area contributed by atoms with Crippen molar-refractivity contribution in [1.29, 1.82) is 0 Å². The Balaban J connectivity index is 2.23. The van der Waals surface area contributed by atoms with Gasteiger partial charge in [-0.05, 0) is 29.8 Å². The molecule has 20 heavy (non-hydrogen) atoms. The first-order valence-corrected chi connectivity index (χ1v) is 5.44. The van der Waals surface area contributed by atoms with Crippen molar-refractivity contribution < 1.29 is 18.8 Å². The zero-order valence-corrected chi connectivity index (χ0v) is 9.96. The lowest BCUT2D eigenvalue weighted by atomic mass is 10.1. The number of hydrogen-bond donors (Lipinski definition) is 1. The van der Waals surface area contributed by atoms with E-state index >= 15 is 0 Å². The lowest BCUT2D eigenvalue weighted by molar-refractivity contribution is -0.385. The minimum Gasteiger partial charge on any atom is -0.503 e. The number of benzene rings is 1. The maximum atomic E-state index is 13.1. The molecular weight excluding hydrogens is 270 g/mol. The maximum absolute atomic E-state index is 13.1. The number of nitrogens with zero attached hydrogens (tertiary/aromatic N) is 2. The van der Waals surface area contributed by atoms with Crippen LogP contribution in [-0.4, -0.2) is 15.0 Å². The molecule has 0 bridgehead atoms. The molecule has 102 valence electrons. The summed E-state index contributed by atoms with van der Waals surface area (Å²) in [6.07, 6.45) is 3.90. The van der Waals surface area contributed by atoms with Gasteiger partial charge < -0.3 is 5.11 Å². The van der Waals surface area contributed by atoms with Gasteiger partial charge in [-0.15, -0.1) is 0 Å². The summed E-state index contributed by atoms with van der Waals surface area (Å²) >= 11 is 0. The van der Waals surface area contributed by atoms with Crippen molar-refractivity contribution in [2.45, 2.75) is 0 Å². The SMILES string of the molecule is O=[N+]([O-])c1ccc(/C=C/c2cc(F)c(O)c(F)c2)nc1. The van der Waals surface area contributed by atoms with Gasteiger partial charge in [0.05, 0.1) is 10.6 Å². The minimum atomic E-state index is -1.07. The predicted octanol–water partition coefficient (Wildman–Crippen LogP) is 3.14. The molecule has 0 saturated carbocycles. The van der Waals surface area contributed by atoms with E-state index in [2.05, 4.69) is 4.98 Å². The summed E-state index contributed by atoms with van der Waals surface area (Å²) < 4.78 is 26.2. The van der Waals surface area contributed by atoms with Gasteiger partial charge in [0.1, 0.15) is 6.20 Å². The van der Waals surface area contributed by atoms with Crippen LogP contribution >= 0.6 is 0 Å². The van der Waals surface area contributed by atoms with Crippen LogP contribution in [0.2, 0.25) is 0 Å². The summed E-state index contributed by atoms with van der Waals surface area (Å²) in [5.74, 6) is -3.17. The van der Waals surface area contributed by atoms with E-state index in [1.807, 2.05) is 0 Å². The third-order valence-electron chi connectivity index (χ3n) is 2.47. The highest BCUT2D eigenvalue weighted by Gasteiger charge is 2.08. The smallest absolute Gasteiger partial charge is 0.287 e. The molecule has 0 saturated heterocycles. The summed E-state index contributed by atoms with van der Waals surface area (Å²) in [6.45, 7) is 0. The Labute approximate surface area is 112 Å². The zero-order valence-electron chi connectivity index (χ0n) is 9.96. The number of aromatic nitrogens is 1. The molecule has 2 aromatic rings. The fraction of sp³-hybridized carbons (Fsp3) is 0. The Morgan fingerprint density at radius 2 is 1.85 bits per heavy atom. The van der Waals surface area contributed by atoms with E-state index in [0.29, 0.717) is 5.69 Å². The topological polar surface area (TPSA) is 76.3 Å². The Bertz CT molecular complexity index is 662. The third-order valence-corrected chi connectivity index (χ3v) is 2.47. The van der Waals surface area contributed by atoms with Crippen LogP contribution in [-0.2, 0) is 0 Å². The van der Waals surface area contributed by atoms with E-state index < -0.39 is 22.3 Å². The summed E-state index contributed by atoms with van der Waals surface area (Å²) in [5.41, 5.74) is 0.436. The summed E-state index contributed by atoms with van der Waals surface area (Å²) in [7, 11) is 0. The number of phenols is 1. The van der Waals surface area contributed by atoms with Crippen molar-refractivity contribution in [2.24, 2.45) is 0 Å². The van der Waals surface area contributed by atoms with Crippen molar-refractivity contribution in [3.05, 3.63) is 63.5 Å². The van der Waals surface area contributed by atoms with Crippen LogP contribution in [0.4, 0.5) is 14.5 Å². The Hall–Kier alpha value is -2.83. The van der Waals surface area contributed by atoms with Crippen LogP contribution in [0, 0.1) is 21.7 Å². The van der Waals surface area contributed by atoms with Crippen LogP contribution < -0.4 is 0 Å². The van der Waals surface area contributed by atoms with Crippen LogP contribution in [0.15, 0.2) is 30.5 Å². The summed E-state index contributed by atoms with van der Waals surface area (Å²) in [4.78, 5) is 13.7. The third kappa shape index (κ3) is 2.94. The second kappa shape index (κ2) is 5.43. The molecule has 7 heteroatoms. The first-order chi connectivity index (χ1) is 9.47. The number of hydrogen-bond acceptors (Lipinski definition) is 4. The number of aromatic hydroxyl groups is 1. The molecular formula is C13H8F2N2O3. The lowest BCUT2D eigenvalue weighted by Gasteiger charge is -1.99. The number of phenolic OH excluding ortho intramolecular Hbond substituents is 1. The molecule has 5 nitrogen and oxygen atoms in total. The molecule has 1 aromatic heterocycles. The van der Waals surface area contributed by atoms with Gasteiger partial charge in [-0.1, -0.05) is 6.08 Å². The average Bonchev–Trinajstić information content (AvgIpc) is 2.42. The highest BCUT2D eigenvalue weighted by atomic mass is 19.1. The Morgan fingerprint density at radius 1 is 1.20 bits per heavy atom. The molecule has 0 unspecified atom stereocenters. The van der Waals surface area contributed by atoms with Gasteiger partial charge in [-0.3, -0.25) is 10.1 Å². The average molecular weight is 278 g/mol. The molecule has 0 aliphatic carbocycles. The monoisotopic (exact) mass is 278 g/mol. The molecule has 0 radical (unpaired) electrons. The number of pyridine rings is 1. The lowest BCUT2D eigenvalue weighted by Crippen LogP contribution is -1.89. The Kier molecular flexibility index (Phi) is 3.69. The first-order valence-electron chi connectivity index (χ1n) is 5.44. The highest BCUT2D eigenvalue weighted by molar-refractivity contribution is 5.68. The number of rotatable bonds is 3. The standard InChI is InChI=1S/C13H8F2N2O3/c14-11-5-8(6-12(15)13(11)18)1-2-9-3-4-10(7-16-9)17(19)20/h1-7,18H/b2-1+. The molecule has 2 rings (SSSR count). The molecule has 0 aliphatic heterocycles. The molecule has 1 aromatic carbocycles. The molecule has 0 amide bonds. The van der Waals surface area contributed by atoms with Crippen LogP contribution in [0.1, 0.15) is 11.3 Å². The minimum absolute atomic E-state index is 0.149. The van der Waals surface area contributed by atoms with Crippen molar-refractivity contribution in [3.8, 4) is 5.75 Å². The second-order valence-electron chi connectivity index (χ2n) is 3.86. The maximum Gasteiger partial charge on any atom is 0.287 e. The van der Waals surface area contributed by atoms with Crippen LogP contribution in [0.5, 0.6) is 5.75 Å². The molecule has 0 atom stereocenters. The number of nitro groups is 1. The van der Waals surface area contributed by atoms with E-state index in [0.717, 1.165) is 18.3 Å². The molecule has 1 N–H and O–H groups in total. The van der Waals surface area contributed by atoms with Crippen molar-refractivity contribution in [3.63, 3.8) is 0 Å². The number of halogens is 2. The molecule has 0 aliphatic rings. The molecule has 0 spiro atoms. The Morgan fingerprint density at radius 3 is 2.35 bits per heavy atom. The van der Waals surface area contributed by atoms with Gasteiger partial charge in [-0.2, -0.15) is 0 Å². The summed E-state index contributed by atoms with van der Waals surface area (Å²) in [5, 5.41) is 19.4. The highest BCUT2D eigenvalue weighted by Crippen LogP contribution is 2.22. The predicted molar refractivity (Wildman–Crippen MR) is 67.8 cm³/mol. The normalized spacial score (nSPS) is 10.9. The van der Waals surface area contributed by atoms with Gasteiger partial charge >= 0.3 is 0 Å². The van der Waals surface area contributed by atoms with Crippen molar-refractivity contribution in [2.75, 3.05) is 0 Å². The van der Waals surface area contributed by atoms with E-state index in [1.165, 1.54) is 24.3 Å². The van der Waals surface area contributed by atoms with Gasteiger partial charge in [0.25, 0.3) is 5.69 Å². The van der Waals surface area contributed by atoms with E-state index in [4.69, 9.17) is 5.11 Å². The largest absolute Gasteiger partial charge is 0.503 e. The van der Waals surface area contributed by atoms with Gasteiger partial charge in [0.15, 0.2) is 17.4 Å². The van der Waals surface area contributed by atoms with Gasteiger partial charge in [0.2, 0.25) is 0 Å². The fourth-order valence-corrected chi connectivity index (χ4v) is 1.47. The van der Waals surface area contributed by atoms with E-state index in [-0.39, 0.29) is 11.3 Å². The van der Waals surface area contributed by atoms with Gasteiger partial charge in [0, 0.05) is 6.07 Å². The van der Waals surface area contributed by atoms with Crippen molar-refractivity contribution in [1.82, 2.24) is 4.98 Å².